The van der Waals surface area contributed by atoms with E-state index in [9.17, 15) is 0 Å². The van der Waals surface area contributed by atoms with Gasteiger partial charge >= 0.3 is 0 Å². The van der Waals surface area contributed by atoms with Crippen molar-refractivity contribution in [3.05, 3.63) is 66.4 Å². The largest absolute Gasteiger partial charge is 0.493 e. The first-order valence-corrected chi connectivity index (χ1v) is 11.1. The molecule has 0 spiro atoms. The summed E-state index contributed by atoms with van der Waals surface area (Å²) in [6.45, 7) is 5.28. The number of nitrogens with one attached hydrogen (secondary N) is 1. The lowest BCUT2D eigenvalue weighted by molar-refractivity contribution is 0.122. The molecule has 9 nitrogen and oxygen atoms in total. The summed E-state index contributed by atoms with van der Waals surface area (Å²) >= 11 is 0. The van der Waals surface area contributed by atoms with Crippen molar-refractivity contribution >= 4 is 28.2 Å². The lowest BCUT2D eigenvalue weighted by atomic mass is 10.2. The van der Waals surface area contributed by atoms with Crippen LogP contribution in [-0.2, 0) is 11.3 Å². The van der Waals surface area contributed by atoms with E-state index in [1.165, 1.54) is 0 Å². The minimum atomic E-state index is 0.359. The summed E-state index contributed by atoms with van der Waals surface area (Å²) in [6.07, 6.45) is 5.35. The zero-order valence-corrected chi connectivity index (χ0v) is 19.2. The van der Waals surface area contributed by atoms with Gasteiger partial charge in [0.15, 0.2) is 11.5 Å². The van der Waals surface area contributed by atoms with E-state index in [-0.39, 0.29) is 0 Å². The first-order valence-electron chi connectivity index (χ1n) is 11.1. The Kier molecular flexibility index (Phi) is 6.35. The average Bonchev–Trinajstić information content (AvgIpc) is 2.89. The minimum absolute atomic E-state index is 0.359. The molecule has 9 heteroatoms. The van der Waals surface area contributed by atoms with Gasteiger partial charge < -0.3 is 24.4 Å². The molecule has 0 radical (unpaired) electrons. The number of aryl methyl sites for hydroxylation is 1. The Morgan fingerprint density at radius 1 is 0.912 bits per heavy atom. The molecule has 174 valence electrons. The number of benzene rings is 2. The number of rotatable bonds is 7. The number of anilines is 3. The van der Waals surface area contributed by atoms with Gasteiger partial charge in [0, 0.05) is 48.5 Å². The predicted octanol–water partition coefficient (Wildman–Crippen LogP) is 3.90. The van der Waals surface area contributed by atoms with E-state index in [0.29, 0.717) is 31.3 Å². The summed E-state index contributed by atoms with van der Waals surface area (Å²) in [6, 6.07) is 11.7. The topological polar surface area (TPSA) is 94.5 Å². The van der Waals surface area contributed by atoms with Crippen LogP contribution < -0.4 is 19.7 Å². The second kappa shape index (κ2) is 9.88. The third-order valence-corrected chi connectivity index (χ3v) is 5.55. The summed E-state index contributed by atoms with van der Waals surface area (Å²) in [5.74, 6) is 2.88. The van der Waals surface area contributed by atoms with E-state index in [2.05, 4.69) is 25.2 Å². The fourth-order valence-electron chi connectivity index (χ4n) is 3.71. The lowest BCUT2D eigenvalue weighted by Gasteiger charge is -2.27. The van der Waals surface area contributed by atoms with Crippen LogP contribution >= 0.6 is 0 Å². The van der Waals surface area contributed by atoms with Crippen LogP contribution in [0, 0.1) is 6.92 Å². The number of methoxy groups -OCH3 is 1. The molecular formula is C25H26N6O3. The zero-order valence-electron chi connectivity index (χ0n) is 19.2. The molecule has 0 amide bonds. The highest BCUT2D eigenvalue weighted by Crippen LogP contribution is 2.32. The molecule has 5 rings (SSSR count). The van der Waals surface area contributed by atoms with Gasteiger partial charge in [-0.3, -0.25) is 4.98 Å². The highest BCUT2D eigenvalue weighted by atomic mass is 16.5. The molecule has 1 aliphatic heterocycles. The van der Waals surface area contributed by atoms with E-state index >= 15 is 0 Å². The SMILES string of the molecule is COc1cc(Nc2ccc3ncc(N4CCOCC4)nc3c2)ccc1OCc1cnc(C)nc1. The van der Waals surface area contributed by atoms with Crippen molar-refractivity contribution in [1.29, 1.82) is 0 Å². The quantitative estimate of drug-likeness (QED) is 0.442. The molecule has 1 N–H and O–H groups in total. The summed E-state index contributed by atoms with van der Waals surface area (Å²) in [5, 5.41) is 3.42. The third kappa shape index (κ3) is 4.99. The van der Waals surface area contributed by atoms with Crippen LogP contribution in [0.15, 0.2) is 55.0 Å². The van der Waals surface area contributed by atoms with Crippen molar-refractivity contribution in [3.63, 3.8) is 0 Å². The Morgan fingerprint density at radius 3 is 2.47 bits per heavy atom. The molecule has 4 aromatic rings. The van der Waals surface area contributed by atoms with Crippen LogP contribution in [0.5, 0.6) is 11.5 Å². The molecule has 0 unspecified atom stereocenters. The van der Waals surface area contributed by atoms with Crippen LogP contribution in [0.2, 0.25) is 0 Å². The van der Waals surface area contributed by atoms with Crippen LogP contribution in [0.4, 0.5) is 17.2 Å². The van der Waals surface area contributed by atoms with E-state index in [1.807, 2.05) is 49.5 Å². The number of hydrogen-bond donors (Lipinski definition) is 1. The molecule has 0 bridgehead atoms. The number of nitrogens with zero attached hydrogens (tertiary/aromatic N) is 5. The monoisotopic (exact) mass is 458 g/mol. The maximum atomic E-state index is 5.92. The Bertz CT molecular complexity index is 1280. The normalized spacial score (nSPS) is 13.6. The van der Waals surface area contributed by atoms with E-state index in [4.69, 9.17) is 19.2 Å². The van der Waals surface area contributed by atoms with Gasteiger partial charge in [-0.2, -0.15) is 0 Å². The second-order valence-electron chi connectivity index (χ2n) is 7.95. The molecule has 0 aliphatic carbocycles. The van der Waals surface area contributed by atoms with Crippen molar-refractivity contribution in [2.45, 2.75) is 13.5 Å². The molecular weight excluding hydrogens is 432 g/mol. The van der Waals surface area contributed by atoms with Crippen molar-refractivity contribution < 1.29 is 14.2 Å². The summed E-state index contributed by atoms with van der Waals surface area (Å²) in [7, 11) is 1.62. The molecule has 3 heterocycles. The molecule has 2 aromatic heterocycles. The highest BCUT2D eigenvalue weighted by Gasteiger charge is 2.14. The summed E-state index contributed by atoms with van der Waals surface area (Å²) in [4.78, 5) is 20.0. The van der Waals surface area contributed by atoms with Gasteiger partial charge in [0.2, 0.25) is 0 Å². The van der Waals surface area contributed by atoms with E-state index < -0.39 is 0 Å². The smallest absolute Gasteiger partial charge is 0.162 e. The molecule has 2 aromatic carbocycles. The number of hydrogen-bond acceptors (Lipinski definition) is 9. The molecule has 34 heavy (non-hydrogen) atoms. The standard InChI is InChI=1S/C25H26N6O3/c1-17-26-13-18(14-27-17)16-34-23-6-4-20(12-24(23)32-2)29-19-3-5-21-22(11-19)30-25(15-28-21)31-7-9-33-10-8-31/h3-6,11-15,29H,7-10,16H2,1-2H3. The molecule has 1 fully saturated rings. The number of ether oxygens (including phenoxy) is 3. The maximum Gasteiger partial charge on any atom is 0.162 e. The van der Waals surface area contributed by atoms with Gasteiger partial charge in [-0.05, 0) is 37.3 Å². The van der Waals surface area contributed by atoms with Gasteiger partial charge in [0.25, 0.3) is 0 Å². The predicted molar refractivity (Wildman–Crippen MR) is 130 cm³/mol. The number of fused-ring (bicyclic) bond motifs is 1. The first-order chi connectivity index (χ1) is 16.7. The fraction of sp³-hybridized carbons (Fsp3) is 0.280. The van der Waals surface area contributed by atoms with Gasteiger partial charge in [-0.15, -0.1) is 0 Å². The lowest BCUT2D eigenvalue weighted by Crippen LogP contribution is -2.36. The van der Waals surface area contributed by atoms with Crippen LogP contribution in [-0.4, -0.2) is 53.3 Å². The van der Waals surface area contributed by atoms with E-state index in [1.54, 1.807) is 19.5 Å². The Labute approximate surface area is 197 Å². The molecule has 1 aliphatic rings. The fourth-order valence-corrected chi connectivity index (χ4v) is 3.71. The van der Waals surface area contributed by atoms with Crippen molar-refractivity contribution in [2.24, 2.45) is 0 Å². The van der Waals surface area contributed by atoms with Gasteiger partial charge in [-0.1, -0.05) is 0 Å². The van der Waals surface area contributed by atoms with Crippen LogP contribution in [0.1, 0.15) is 11.4 Å². The molecule has 0 saturated carbocycles. The Morgan fingerprint density at radius 2 is 1.68 bits per heavy atom. The molecule has 1 saturated heterocycles. The van der Waals surface area contributed by atoms with Gasteiger partial charge in [-0.25, -0.2) is 15.0 Å². The summed E-state index contributed by atoms with van der Waals surface area (Å²) < 4.78 is 16.9. The Hall–Kier alpha value is -3.98. The maximum absolute atomic E-state index is 5.92. The molecule has 0 atom stereocenters. The van der Waals surface area contributed by atoms with Crippen LogP contribution in [0.3, 0.4) is 0 Å². The highest BCUT2D eigenvalue weighted by molar-refractivity contribution is 5.81. The summed E-state index contributed by atoms with van der Waals surface area (Å²) in [5.41, 5.74) is 4.36. The Balaban J connectivity index is 1.31. The number of aromatic nitrogens is 4. The van der Waals surface area contributed by atoms with Gasteiger partial charge in [0.1, 0.15) is 18.2 Å². The third-order valence-electron chi connectivity index (χ3n) is 5.55. The van der Waals surface area contributed by atoms with Crippen molar-refractivity contribution in [2.75, 3.05) is 43.6 Å². The minimum Gasteiger partial charge on any atom is -0.493 e. The second-order valence-corrected chi connectivity index (χ2v) is 7.95. The zero-order chi connectivity index (χ0) is 23.3. The van der Waals surface area contributed by atoms with E-state index in [0.717, 1.165) is 52.7 Å². The first kappa shape index (κ1) is 21.8. The van der Waals surface area contributed by atoms with Crippen LogP contribution in [0.25, 0.3) is 11.0 Å². The van der Waals surface area contributed by atoms with Gasteiger partial charge in [0.05, 0.1) is 37.6 Å². The van der Waals surface area contributed by atoms with Crippen molar-refractivity contribution in [1.82, 2.24) is 19.9 Å². The number of morpholine rings is 1. The van der Waals surface area contributed by atoms with Crippen molar-refractivity contribution in [3.8, 4) is 11.5 Å². The average molecular weight is 459 g/mol.